The van der Waals surface area contributed by atoms with Crippen LogP contribution in [0.4, 0.5) is 15.8 Å². The zero-order valence-electron chi connectivity index (χ0n) is 13.0. The number of ether oxygens (including phenoxy) is 1. The van der Waals surface area contributed by atoms with Crippen molar-refractivity contribution >= 4 is 17.3 Å². The van der Waals surface area contributed by atoms with Crippen LogP contribution in [0.3, 0.4) is 0 Å². The molecular formula is C18H19FN2O2. The number of anilines is 2. The van der Waals surface area contributed by atoms with E-state index in [1.165, 1.54) is 37.1 Å². The second-order valence-electron chi connectivity index (χ2n) is 5.54. The Balaban J connectivity index is 1.83. The molecule has 5 heteroatoms. The van der Waals surface area contributed by atoms with Crippen molar-refractivity contribution in [2.75, 3.05) is 30.4 Å². The van der Waals surface area contributed by atoms with E-state index in [4.69, 9.17) is 4.74 Å². The first-order chi connectivity index (χ1) is 11.2. The minimum Gasteiger partial charge on any atom is -0.495 e. The molecule has 0 spiro atoms. The molecule has 1 heterocycles. The number of carbonyl (C=O) groups is 1. The highest BCUT2D eigenvalue weighted by Crippen LogP contribution is 2.31. The second kappa shape index (κ2) is 6.69. The van der Waals surface area contributed by atoms with Crippen LogP contribution < -0.4 is 15.0 Å². The van der Waals surface area contributed by atoms with Crippen LogP contribution in [0.15, 0.2) is 42.5 Å². The van der Waals surface area contributed by atoms with Crippen molar-refractivity contribution in [3.63, 3.8) is 0 Å². The molecule has 0 saturated carbocycles. The summed E-state index contributed by atoms with van der Waals surface area (Å²) < 4.78 is 18.3. The van der Waals surface area contributed by atoms with E-state index in [0.717, 1.165) is 18.8 Å². The molecule has 0 bridgehead atoms. The van der Waals surface area contributed by atoms with Gasteiger partial charge in [-0.3, -0.25) is 4.79 Å². The fourth-order valence-electron chi connectivity index (χ4n) is 2.76. The van der Waals surface area contributed by atoms with Crippen LogP contribution in [0, 0.1) is 5.82 Å². The van der Waals surface area contributed by atoms with E-state index < -0.39 is 0 Å². The molecule has 2 aromatic carbocycles. The fraction of sp³-hybridized carbons (Fsp3) is 0.278. The predicted octanol–water partition coefficient (Wildman–Crippen LogP) is 3.69. The minimum absolute atomic E-state index is 0.290. The van der Waals surface area contributed by atoms with Gasteiger partial charge in [0.1, 0.15) is 11.6 Å². The molecule has 4 nitrogen and oxygen atoms in total. The molecule has 1 aliphatic heterocycles. The average Bonchev–Trinajstić information content (AvgIpc) is 3.10. The largest absolute Gasteiger partial charge is 0.495 e. The smallest absolute Gasteiger partial charge is 0.255 e. The van der Waals surface area contributed by atoms with Crippen LogP contribution in [0.25, 0.3) is 0 Å². The lowest BCUT2D eigenvalue weighted by molar-refractivity contribution is 0.102. The Kier molecular flexibility index (Phi) is 4.46. The summed E-state index contributed by atoms with van der Waals surface area (Å²) in [6, 6.07) is 11.2. The number of hydrogen-bond acceptors (Lipinski definition) is 3. The highest BCUT2D eigenvalue weighted by molar-refractivity contribution is 6.05. The summed E-state index contributed by atoms with van der Waals surface area (Å²) in [6.45, 7) is 2.05. The van der Waals surface area contributed by atoms with Gasteiger partial charge in [0.2, 0.25) is 0 Å². The van der Waals surface area contributed by atoms with Crippen molar-refractivity contribution in [2.24, 2.45) is 0 Å². The topological polar surface area (TPSA) is 41.6 Å². The Labute approximate surface area is 134 Å². The van der Waals surface area contributed by atoms with Crippen molar-refractivity contribution in [3.05, 3.63) is 53.8 Å². The predicted molar refractivity (Wildman–Crippen MR) is 88.8 cm³/mol. The van der Waals surface area contributed by atoms with E-state index >= 15 is 0 Å². The first-order valence-electron chi connectivity index (χ1n) is 7.67. The molecule has 0 aromatic heterocycles. The molecule has 23 heavy (non-hydrogen) atoms. The first-order valence-corrected chi connectivity index (χ1v) is 7.67. The number of methoxy groups -OCH3 is 1. The van der Waals surface area contributed by atoms with Crippen LogP contribution in [0.2, 0.25) is 0 Å². The quantitative estimate of drug-likeness (QED) is 0.936. The summed E-state index contributed by atoms with van der Waals surface area (Å²) in [7, 11) is 1.57. The maximum absolute atomic E-state index is 13.0. The van der Waals surface area contributed by atoms with Crippen molar-refractivity contribution in [3.8, 4) is 5.75 Å². The van der Waals surface area contributed by atoms with Gasteiger partial charge < -0.3 is 15.0 Å². The van der Waals surface area contributed by atoms with Crippen LogP contribution in [0.1, 0.15) is 23.2 Å². The number of rotatable bonds is 4. The van der Waals surface area contributed by atoms with Gasteiger partial charge in [-0.15, -0.1) is 0 Å². The van der Waals surface area contributed by atoms with Gasteiger partial charge in [-0.05, 0) is 55.3 Å². The number of benzene rings is 2. The van der Waals surface area contributed by atoms with E-state index in [0.29, 0.717) is 17.0 Å². The first kappa shape index (κ1) is 15.3. The SMILES string of the molecule is COc1ccc(N2CCCC2)cc1NC(=O)c1ccc(F)cc1. The summed E-state index contributed by atoms with van der Waals surface area (Å²) in [5.74, 6) is -0.0551. The molecule has 3 rings (SSSR count). The molecule has 0 atom stereocenters. The maximum Gasteiger partial charge on any atom is 0.255 e. The number of amides is 1. The molecule has 1 N–H and O–H groups in total. The zero-order chi connectivity index (χ0) is 16.2. The van der Waals surface area contributed by atoms with E-state index in [9.17, 15) is 9.18 Å². The molecule has 0 radical (unpaired) electrons. The van der Waals surface area contributed by atoms with Gasteiger partial charge in [-0.1, -0.05) is 0 Å². The summed E-state index contributed by atoms with van der Waals surface area (Å²) >= 11 is 0. The van der Waals surface area contributed by atoms with E-state index in [1.807, 2.05) is 18.2 Å². The van der Waals surface area contributed by atoms with Gasteiger partial charge in [0.25, 0.3) is 5.91 Å². The molecule has 1 aliphatic rings. The highest BCUT2D eigenvalue weighted by Gasteiger charge is 2.16. The Morgan fingerprint density at radius 1 is 1.13 bits per heavy atom. The lowest BCUT2D eigenvalue weighted by Gasteiger charge is -2.20. The standard InChI is InChI=1S/C18H19FN2O2/c1-23-17-9-8-15(21-10-2-3-11-21)12-16(17)20-18(22)13-4-6-14(19)7-5-13/h4-9,12H,2-3,10-11H2,1H3,(H,20,22). The molecule has 0 unspecified atom stereocenters. The van der Waals surface area contributed by atoms with E-state index in [1.54, 1.807) is 7.11 Å². The molecule has 2 aromatic rings. The Morgan fingerprint density at radius 2 is 1.83 bits per heavy atom. The van der Waals surface area contributed by atoms with Gasteiger partial charge in [0, 0.05) is 24.3 Å². The summed E-state index contributed by atoms with van der Waals surface area (Å²) in [5.41, 5.74) is 2.09. The van der Waals surface area contributed by atoms with Crippen molar-refractivity contribution in [2.45, 2.75) is 12.8 Å². The van der Waals surface area contributed by atoms with E-state index in [-0.39, 0.29) is 11.7 Å². The number of carbonyl (C=O) groups excluding carboxylic acids is 1. The summed E-state index contributed by atoms with van der Waals surface area (Å²) in [4.78, 5) is 14.6. The third-order valence-corrected chi connectivity index (χ3v) is 4.01. The molecular weight excluding hydrogens is 295 g/mol. The number of nitrogens with zero attached hydrogens (tertiary/aromatic N) is 1. The van der Waals surface area contributed by atoms with Gasteiger partial charge in [-0.25, -0.2) is 4.39 Å². The van der Waals surface area contributed by atoms with Gasteiger partial charge in [0.15, 0.2) is 0 Å². The van der Waals surface area contributed by atoms with Crippen molar-refractivity contribution < 1.29 is 13.9 Å². The lowest BCUT2D eigenvalue weighted by atomic mass is 10.2. The summed E-state index contributed by atoms with van der Waals surface area (Å²) in [6.07, 6.45) is 2.37. The van der Waals surface area contributed by atoms with E-state index in [2.05, 4.69) is 10.2 Å². The molecule has 1 fully saturated rings. The van der Waals surface area contributed by atoms with Crippen LogP contribution in [-0.2, 0) is 0 Å². The zero-order valence-corrected chi connectivity index (χ0v) is 13.0. The maximum atomic E-state index is 13.0. The minimum atomic E-state index is -0.366. The Bertz CT molecular complexity index is 695. The number of halogens is 1. The van der Waals surface area contributed by atoms with Crippen LogP contribution in [0.5, 0.6) is 5.75 Å². The van der Waals surface area contributed by atoms with Crippen LogP contribution >= 0.6 is 0 Å². The lowest BCUT2D eigenvalue weighted by Crippen LogP contribution is -2.18. The monoisotopic (exact) mass is 314 g/mol. The van der Waals surface area contributed by atoms with Crippen molar-refractivity contribution in [1.29, 1.82) is 0 Å². The third-order valence-electron chi connectivity index (χ3n) is 4.01. The summed E-state index contributed by atoms with van der Waals surface area (Å²) in [5, 5.41) is 2.85. The molecule has 1 amide bonds. The Morgan fingerprint density at radius 3 is 2.48 bits per heavy atom. The molecule has 120 valence electrons. The highest BCUT2D eigenvalue weighted by atomic mass is 19.1. The average molecular weight is 314 g/mol. The fourth-order valence-corrected chi connectivity index (χ4v) is 2.76. The van der Waals surface area contributed by atoms with Gasteiger partial charge in [-0.2, -0.15) is 0 Å². The number of hydrogen-bond donors (Lipinski definition) is 1. The molecule has 0 aliphatic carbocycles. The normalized spacial score (nSPS) is 13.9. The van der Waals surface area contributed by atoms with Crippen LogP contribution in [-0.4, -0.2) is 26.1 Å². The van der Waals surface area contributed by atoms with Gasteiger partial charge >= 0.3 is 0 Å². The van der Waals surface area contributed by atoms with Gasteiger partial charge in [0.05, 0.1) is 12.8 Å². The second-order valence-corrected chi connectivity index (χ2v) is 5.54. The number of nitrogens with one attached hydrogen (secondary N) is 1. The molecule has 1 saturated heterocycles. The Hall–Kier alpha value is -2.56. The van der Waals surface area contributed by atoms with Crippen molar-refractivity contribution in [1.82, 2.24) is 0 Å². The third kappa shape index (κ3) is 3.44.